The van der Waals surface area contributed by atoms with E-state index in [1.54, 1.807) is 0 Å². The van der Waals surface area contributed by atoms with Crippen molar-refractivity contribution in [3.63, 3.8) is 0 Å². The molecular weight excluding hydrogens is 198 g/mol. The molecule has 0 fully saturated rings. The van der Waals surface area contributed by atoms with Gasteiger partial charge in [-0.15, -0.1) is 6.42 Å². The summed E-state index contributed by atoms with van der Waals surface area (Å²) in [5.74, 6) is 3.37. The molecule has 0 saturated heterocycles. The van der Waals surface area contributed by atoms with Crippen molar-refractivity contribution >= 4 is 0 Å². The molecule has 1 aromatic rings. The number of rotatable bonds is 5. The molecule has 2 nitrogen and oxygen atoms in total. The molecule has 1 aromatic carbocycles. The van der Waals surface area contributed by atoms with Gasteiger partial charge in [-0.1, -0.05) is 25.0 Å². The maximum absolute atomic E-state index is 5.56. The highest BCUT2D eigenvalue weighted by molar-refractivity contribution is 5.39. The minimum atomic E-state index is 0.276. The zero-order valence-electron chi connectivity index (χ0n) is 10.2. The SMILES string of the molecule is C#CCOc1cc(C)ccc1C(C)NCC. The van der Waals surface area contributed by atoms with E-state index in [4.69, 9.17) is 11.2 Å². The molecule has 1 rings (SSSR count). The average molecular weight is 217 g/mol. The Morgan fingerprint density at radius 2 is 2.25 bits per heavy atom. The molecule has 1 N–H and O–H groups in total. The first-order valence-electron chi connectivity index (χ1n) is 5.59. The molecule has 0 radical (unpaired) electrons. The monoisotopic (exact) mass is 217 g/mol. The molecule has 0 bridgehead atoms. The van der Waals surface area contributed by atoms with Crippen molar-refractivity contribution in [2.24, 2.45) is 0 Å². The summed E-state index contributed by atoms with van der Waals surface area (Å²) in [6.07, 6.45) is 5.21. The first-order valence-corrected chi connectivity index (χ1v) is 5.59. The predicted molar refractivity (Wildman–Crippen MR) is 67.6 cm³/mol. The zero-order valence-corrected chi connectivity index (χ0v) is 10.2. The van der Waals surface area contributed by atoms with Crippen molar-refractivity contribution in [2.75, 3.05) is 13.2 Å². The Kier molecular flexibility index (Phi) is 4.88. The van der Waals surface area contributed by atoms with Crippen molar-refractivity contribution in [2.45, 2.75) is 26.8 Å². The van der Waals surface area contributed by atoms with Gasteiger partial charge in [-0.3, -0.25) is 0 Å². The van der Waals surface area contributed by atoms with Gasteiger partial charge in [-0.25, -0.2) is 0 Å². The summed E-state index contributed by atoms with van der Waals surface area (Å²) in [5.41, 5.74) is 2.34. The van der Waals surface area contributed by atoms with E-state index in [1.807, 2.05) is 13.0 Å². The van der Waals surface area contributed by atoms with E-state index < -0.39 is 0 Å². The van der Waals surface area contributed by atoms with Gasteiger partial charge in [0.05, 0.1) is 0 Å². The normalized spacial score (nSPS) is 11.9. The van der Waals surface area contributed by atoms with Crippen LogP contribution >= 0.6 is 0 Å². The summed E-state index contributed by atoms with van der Waals surface area (Å²) < 4.78 is 5.56. The number of terminal acetylenes is 1. The molecule has 0 aliphatic heterocycles. The molecular formula is C14H19NO. The Labute approximate surface area is 98.0 Å². The molecule has 0 aromatic heterocycles. The summed E-state index contributed by atoms with van der Waals surface area (Å²) in [7, 11) is 0. The lowest BCUT2D eigenvalue weighted by atomic mass is 10.0. The molecule has 1 atom stereocenters. The molecule has 86 valence electrons. The Bertz CT molecular complexity index is 379. The Balaban J connectivity index is 2.93. The number of hydrogen-bond acceptors (Lipinski definition) is 2. The molecule has 0 aliphatic carbocycles. The van der Waals surface area contributed by atoms with Crippen molar-refractivity contribution in [1.29, 1.82) is 0 Å². The highest BCUT2D eigenvalue weighted by atomic mass is 16.5. The van der Waals surface area contributed by atoms with Gasteiger partial charge < -0.3 is 10.1 Å². The molecule has 0 spiro atoms. The third kappa shape index (κ3) is 3.29. The van der Waals surface area contributed by atoms with E-state index in [2.05, 4.69) is 37.2 Å². The van der Waals surface area contributed by atoms with Crippen LogP contribution in [-0.4, -0.2) is 13.2 Å². The topological polar surface area (TPSA) is 21.3 Å². The number of aryl methyl sites for hydroxylation is 1. The fourth-order valence-corrected chi connectivity index (χ4v) is 1.66. The summed E-state index contributed by atoms with van der Waals surface area (Å²) in [5, 5.41) is 3.37. The second kappa shape index (κ2) is 6.19. The van der Waals surface area contributed by atoms with E-state index in [0.717, 1.165) is 17.9 Å². The van der Waals surface area contributed by atoms with Crippen LogP contribution in [0.25, 0.3) is 0 Å². The highest BCUT2D eigenvalue weighted by Gasteiger charge is 2.10. The molecule has 2 heteroatoms. The van der Waals surface area contributed by atoms with Gasteiger partial charge in [-0.2, -0.15) is 0 Å². The van der Waals surface area contributed by atoms with Crippen LogP contribution in [0.4, 0.5) is 0 Å². The van der Waals surface area contributed by atoms with Crippen LogP contribution in [0.2, 0.25) is 0 Å². The third-order valence-electron chi connectivity index (χ3n) is 2.46. The molecule has 0 aliphatic rings. The van der Waals surface area contributed by atoms with E-state index in [0.29, 0.717) is 6.61 Å². The molecule has 0 saturated carbocycles. The lowest BCUT2D eigenvalue weighted by Crippen LogP contribution is -2.18. The minimum Gasteiger partial charge on any atom is -0.481 e. The van der Waals surface area contributed by atoms with Crippen molar-refractivity contribution < 1.29 is 4.74 Å². The fraction of sp³-hybridized carbons (Fsp3) is 0.429. The summed E-state index contributed by atoms with van der Waals surface area (Å²) in [6, 6.07) is 6.49. The second-order valence-electron chi connectivity index (χ2n) is 3.81. The molecule has 0 heterocycles. The lowest BCUT2D eigenvalue weighted by molar-refractivity contribution is 0.361. The minimum absolute atomic E-state index is 0.276. The van der Waals surface area contributed by atoms with Crippen molar-refractivity contribution in [3.05, 3.63) is 29.3 Å². The quantitative estimate of drug-likeness (QED) is 0.766. The Morgan fingerprint density at radius 3 is 2.88 bits per heavy atom. The van der Waals surface area contributed by atoms with Crippen LogP contribution < -0.4 is 10.1 Å². The van der Waals surface area contributed by atoms with Gasteiger partial charge in [0.2, 0.25) is 0 Å². The van der Waals surface area contributed by atoms with E-state index >= 15 is 0 Å². The lowest BCUT2D eigenvalue weighted by Gasteiger charge is -2.17. The first-order chi connectivity index (χ1) is 7.69. The smallest absolute Gasteiger partial charge is 0.148 e. The second-order valence-corrected chi connectivity index (χ2v) is 3.81. The zero-order chi connectivity index (χ0) is 12.0. The van der Waals surface area contributed by atoms with Crippen LogP contribution in [0.5, 0.6) is 5.75 Å². The Hall–Kier alpha value is -1.46. The van der Waals surface area contributed by atoms with Gasteiger partial charge >= 0.3 is 0 Å². The van der Waals surface area contributed by atoms with Gasteiger partial charge in [-0.05, 0) is 32.0 Å². The number of nitrogens with one attached hydrogen (secondary N) is 1. The number of hydrogen-bond donors (Lipinski definition) is 1. The van der Waals surface area contributed by atoms with E-state index in [-0.39, 0.29) is 6.04 Å². The van der Waals surface area contributed by atoms with Crippen LogP contribution in [-0.2, 0) is 0 Å². The van der Waals surface area contributed by atoms with E-state index in [1.165, 1.54) is 5.56 Å². The van der Waals surface area contributed by atoms with Gasteiger partial charge in [0.1, 0.15) is 12.4 Å². The maximum Gasteiger partial charge on any atom is 0.148 e. The van der Waals surface area contributed by atoms with Gasteiger partial charge in [0.25, 0.3) is 0 Å². The number of benzene rings is 1. The van der Waals surface area contributed by atoms with Crippen molar-refractivity contribution in [3.8, 4) is 18.1 Å². The standard InChI is InChI=1S/C14H19NO/c1-5-9-16-14-10-11(3)7-8-13(14)12(4)15-6-2/h1,7-8,10,12,15H,6,9H2,2-4H3. The predicted octanol–water partition coefficient (Wildman–Crippen LogP) is 2.68. The van der Waals surface area contributed by atoms with Gasteiger partial charge in [0, 0.05) is 11.6 Å². The van der Waals surface area contributed by atoms with Crippen LogP contribution in [0.3, 0.4) is 0 Å². The number of ether oxygens (including phenoxy) is 1. The maximum atomic E-state index is 5.56. The van der Waals surface area contributed by atoms with Crippen LogP contribution in [0, 0.1) is 19.3 Å². The van der Waals surface area contributed by atoms with Gasteiger partial charge in [0.15, 0.2) is 0 Å². The average Bonchev–Trinajstić information content (AvgIpc) is 2.26. The summed E-state index contributed by atoms with van der Waals surface area (Å²) >= 11 is 0. The van der Waals surface area contributed by atoms with Crippen LogP contribution in [0.15, 0.2) is 18.2 Å². The molecule has 16 heavy (non-hydrogen) atoms. The molecule has 0 amide bonds. The molecule has 1 unspecified atom stereocenters. The largest absolute Gasteiger partial charge is 0.481 e. The third-order valence-corrected chi connectivity index (χ3v) is 2.46. The van der Waals surface area contributed by atoms with Crippen LogP contribution in [0.1, 0.15) is 31.0 Å². The summed E-state index contributed by atoms with van der Waals surface area (Å²) in [6.45, 7) is 7.51. The van der Waals surface area contributed by atoms with Crippen molar-refractivity contribution in [1.82, 2.24) is 5.32 Å². The Morgan fingerprint density at radius 1 is 1.50 bits per heavy atom. The highest BCUT2D eigenvalue weighted by Crippen LogP contribution is 2.26. The fourth-order valence-electron chi connectivity index (χ4n) is 1.66. The first kappa shape index (κ1) is 12.6. The summed E-state index contributed by atoms with van der Waals surface area (Å²) in [4.78, 5) is 0. The van der Waals surface area contributed by atoms with E-state index in [9.17, 15) is 0 Å².